The zero-order valence-electron chi connectivity index (χ0n) is 15.3. The smallest absolute Gasteiger partial charge is 0.353 e. The van der Waals surface area contributed by atoms with Gasteiger partial charge in [-0.15, -0.1) is 0 Å². The van der Waals surface area contributed by atoms with Crippen LogP contribution in [0.5, 0.6) is 0 Å². The molecule has 0 aliphatic carbocycles. The van der Waals surface area contributed by atoms with Crippen molar-refractivity contribution >= 4 is 30.5 Å². The van der Waals surface area contributed by atoms with Gasteiger partial charge in [0.15, 0.2) is 11.5 Å². The van der Waals surface area contributed by atoms with Crippen molar-refractivity contribution in [1.82, 2.24) is 19.5 Å². The van der Waals surface area contributed by atoms with Crippen molar-refractivity contribution in [1.29, 1.82) is 0 Å². The highest BCUT2D eigenvalue weighted by Gasteiger charge is 2.23. The van der Waals surface area contributed by atoms with Crippen molar-refractivity contribution in [3.8, 4) is 0 Å². The van der Waals surface area contributed by atoms with E-state index in [4.69, 9.17) is 30.2 Å². The summed E-state index contributed by atoms with van der Waals surface area (Å²) in [4.78, 5) is 22.0. The number of nitrogens with zero attached hydrogens (tertiary/aromatic N) is 4. The van der Waals surface area contributed by atoms with Crippen LogP contribution in [0, 0.1) is 0 Å². The summed E-state index contributed by atoms with van der Waals surface area (Å²) in [6.07, 6.45) is 1.00. The Balaban J connectivity index is 2.00. The fourth-order valence-electron chi connectivity index (χ4n) is 2.32. The minimum atomic E-state index is -3.89. The topological polar surface area (TPSA) is 170 Å². The highest BCUT2D eigenvalue weighted by Crippen LogP contribution is 2.42. The van der Waals surface area contributed by atoms with Gasteiger partial charge >= 0.3 is 7.60 Å². The van der Waals surface area contributed by atoms with Gasteiger partial charge in [0.25, 0.3) is 0 Å². The predicted octanol–water partition coefficient (Wildman–Crippen LogP) is 0.218. The van der Waals surface area contributed by atoms with Crippen LogP contribution in [0.3, 0.4) is 0 Å². The summed E-state index contributed by atoms with van der Waals surface area (Å²) < 4.78 is 34.2. The zero-order valence-corrected chi connectivity index (χ0v) is 16.2. The lowest BCUT2D eigenvalue weighted by Gasteiger charge is -2.20. The first-order valence-electron chi connectivity index (χ1n) is 8.16. The van der Waals surface area contributed by atoms with Crippen LogP contribution < -0.4 is 11.5 Å². The maximum atomic E-state index is 12.0. The van der Waals surface area contributed by atoms with Crippen LogP contribution in [0.15, 0.2) is 6.33 Å². The molecule has 0 fully saturated rings. The Labute approximate surface area is 156 Å². The fraction of sp³-hybridized carbons (Fsp3) is 0.643. The fourth-order valence-corrected chi connectivity index (χ4v) is 3.21. The van der Waals surface area contributed by atoms with E-state index >= 15 is 0 Å². The van der Waals surface area contributed by atoms with E-state index in [2.05, 4.69) is 15.0 Å². The SMILES string of the molecule is COCCCOP(=O)(O)CO[C@H](COC)Cn1cnc2c(N)nc(N)nc21. The lowest BCUT2D eigenvalue weighted by molar-refractivity contribution is 0.00230. The second kappa shape index (κ2) is 9.93. The molecule has 13 heteroatoms. The number of ether oxygens (including phenoxy) is 3. The van der Waals surface area contributed by atoms with E-state index in [-0.39, 0.29) is 31.5 Å². The molecule has 1 unspecified atom stereocenters. The van der Waals surface area contributed by atoms with Gasteiger partial charge in [0.05, 0.1) is 32.2 Å². The van der Waals surface area contributed by atoms with E-state index in [0.29, 0.717) is 24.2 Å². The number of imidazole rings is 1. The molecule has 2 atom stereocenters. The molecule has 27 heavy (non-hydrogen) atoms. The van der Waals surface area contributed by atoms with Gasteiger partial charge in [-0.05, 0) is 6.42 Å². The summed E-state index contributed by atoms with van der Waals surface area (Å²) in [7, 11) is -0.843. The summed E-state index contributed by atoms with van der Waals surface area (Å²) in [6.45, 7) is 0.972. The number of fused-ring (bicyclic) bond motifs is 1. The molecule has 0 amide bonds. The molecule has 2 heterocycles. The first-order valence-corrected chi connectivity index (χ1v) is 9.92. The second-order valence-electron chi connectivity index (χ2n) is 5.73. The van der Waals surface area contributed by atoms with Gasteiger partial charge in [0, 0.05) is 20.8 Å². The number of nitrogens with two attached hydrogens (primary N) is 2. The molecular formula is C14H25N6O6P. The Bertz CT molecular complexity index is 787. The van der Waals surface area contributed by atoms with Gasteiger partial charge in [-0.1, -0.05) is 0 Å². The molecule has 2 aromatic rings. The summed E-state index contributed by atoms with van der Waals surface area (Å²) in [5.41, 5.74) is 12.3. The third-order valence-electron chi connectivity index (χ3n) is 3.52. The molecule has 5 N–H and O–H groups in total. The average molecular weight is 404 g/mol. The van der Waals surface area contributed by atoms with Gasteiger partial charge in [-0.3, -0.25) is 4.57 Å². The van der Waals surface area contributed by atoms with Crippen LogP contribution in [0.4, 0.5) is 11.8 Å². The van der Waals surface area contributed by atoms with E-state index in [1.165, 1.54) is 13.4 Å². The highest BCUT2D eigenvalue weighted by atomic mass is 31.2. The number of methoxy groups -OCH3 is 2. The summed E-state index contributed by atoms with van der Waals surface area (Å²) in [6, 6.07) is 0. The average Bonchev–Trinajstić information content (AvgIpc) is 3.00. The van der Waals surface area contributed by atoms with E-state index in [9.17, 15) is 9.46 Å². The molecule has 2 aromatic heterocycles. The molecule has 0 bridgehead atoms. The van der Waals surface area contributed by atoms with Crippen molar-refractivity contribution in [3.05, 3.63) is 6.33 Å². The standard InChI is InChI=1S/C14H25N6O6P/c1-23-4-3-5-26-27(21,22)9-25-10(7-24-2)6-20-8-17-11-12(15)18-14(16)19-13(11)20/h8,10H,3-7,9H2,1-2H3,(H,21,22)(H4,15,16,18,19)/t10-/m0/s1. The van der Waals surface area contributed by atoms with Crippen molar-refractivity contribution in [3.63, 3.8) is 0 Å². The van der Waals surface area contributed by atoms with E-state index in [1.807, 2.05) is 0 Å². The Morgan fingerprint density at radius 3 is 2.74 bits per heavy atom. The molecule has 2 rings (SSSR count). The molecule has 0 radical (unpaired) electrons. The molecule has 0 aliphatic rings. The van der Waals surface area contributed by atoms with Crippen molar-refractivity contribution in [2.45, 2.75) is 19.1 Å². The largest absolute Gasteiger partial charge is 0.385 e. The first-order chi connectivity index (χ1) is 12.9. The lowest BCUT2D eigenvalue weighted by Crippen LogP contribution is -2.26. The molecule has 0 saturated carbocycles. The van der Waals surface area contributed by atoms with Crippen molar-refractivity contribution < 1.29 is 28.2 Å². The number of rotatable bonds is 12. The molecule has 152 valence electrons. The van der Waals surface area contributed by atoms with E-state index in [0.717, 1.165) is 0 Å². The van der Waals surface area contributed by atoms with Crippen LogP contribution in [-0.2, 0) is 29.8 Å². The van der Waals surface area contributed by atoms with Gasteiger partial charge in [-0.25, -0.2) is 4.98 Å². The molecule has 0 aliphatic heterocycles. The minimum absolute atomic E-state index is 0.0234. The van der Waals surface area contributed by atoms with Crippen LogP contribution in [0.2, 0.25) is 0 Å². The third kappa shape index (κ3) is 6.38. The summed E-state index contributed by atoms with van der Waals surface area (Å²) >= 11 is 0. The van der Waals surface area contributed by atoms with Crippen LogP contribution in [0.25, 0.3) is 11.2 Å². The third-order valence-corrected chi connectivity index (χ3v) is 4.58. The maximum absolute atomic E-state index is 12.0. The summed E-state index contributed by atoms with van der Waals surface area (Å²) in [5, 5.41) is 0. The summed E-state index contributed by atoms with van der Waals surface area (Å²) in [5.74, 6) is 0.194. The zero-order chi connectivity index (χ0) is 19.9. The molecule has 0 spiro atoms. The molecule has 0 aromatic carbocycles. The predicted molar refractivity (Wildman–Crippen MR) is 98.0 cm³/mol. The van der Waals surface area contributed by atoms with Crippen molar-refractivity contribution in [2.75, 3.05) is 51.9 Å². The van der Waals surface area contributed by atoms with Gasteiger partial charge in [-0.2, -0.15) is 9.97 Å². The van der Waals surface area contributed by atoms with Crippen molar-refractivity contribution in [2.24, 2.45) is 0 Å². The quantitative estimate of drug-likeness (QED) is 0.326. The number of aromatic nitrogens is 4. The van der Waals surface area contributed by atoms with E-state index < -0.39 is 20.0 Å². The van der Waals surface area contributed by atoms with Gasteiger partial charge in [0.2, 0.25) is 5.95 Å². The Hall–Kier alpha value is -1.82. The van der Waals surface area contributed by atoms with Crippen LogP contribution >= 0.6 is 7.60 Å². The van der Waals surface area contributed by atoms with E-state index in [1.54, 1.807) is 11.7 Å². The molecule has 0 saturated heterocycles. The first kappa shape index (κ1) is 21.5. The highest BCUT2D eigenvalue weighted by molar-refractivity contribution is 7.52. The number of hydrogen-bond acceptors (Lipinski definition) is 10. The lowest BCUT2D eigenvalue weighted by atomic mass is 10.3. The Kier molecular flexibility index (Phi) is 7.90. The second-order valence-corrected chi connectivity index (χ2v) is 7.52. The normalized spacial score (nSPS) is 15.1. The Morgan fingerprint density at radius 2 is 2.04 bits per heavy atom. The van der Waals surface area contributed by atoms with Gasteiger partial charge < -0.3 is 39.7 Å². The van der Waals surface area contributed by atoms with Crippen LogP contribution in [-0.4, -0.2) is 70.9 Å². The number of nitrogen functional groups attached to an aromatic ring is 2. The minimum Gasteiger partial charge on any atom is -0.385 e. The molecular weight excluding hydrogens is 379 g/mol. The number of anilines is 2. The maximum Gasteiger partial charge on any atom is 0.353 e. The number of hydrogen-bond donors (Lipinski definition) is 3. The van der Waals surface area contributed by atoms with Crippen LogP contribution in [0.1, 0.15) is 6.42 Å². The Morgan fingerprint density at radius 1 is 1.26 bits per heavy atom. The van der Waals surface area contributed by atoms with Gasteiger partial charge in [0.1, 0.15) is 11.9 Å². The monoisotopic (exact) mass is 404 g/mol. The molecule has 12 nitrogen and oxygen atoms in total.